The number of carbonyl (C=O) groups is 1. The molecule has 4 rings (SSSR count). The number of amides is 1. The van der Waals surface area contributed by atoms with Crippen LogP contribution >= 0.6 is 11.3 Å². The largest absolute Gasteiger partial charge is 0.393 e. The number of nitrogens with one attached hydrogen (secondary N) is 1. The summed E-state index contributed by atoms with van der Waals surface area (Å²) in [5.41, 5.74) is 0.485. The van der Waals surface area contributed by atoms with Crippen LogP contribution in [0.5, 0.6) is 0 Å². The molecule has 6 nitrogen and oxygen atoms in total. The summed E-state index contributed by atoms with van der Waals surface area (Å²) >= 11 is 1.42. The van der Waals surface area contributed by atoms with Gasteiger partial charge in [-0.3, -0.25) is 14.0 Å². The molecule has 1 aliphatic carbocycles. The van der Waals surface area contributed by atoms with Gasteiger partial charge in [0.25, 0.3) is 11.5 Å². The Kier molecular flexibility index (Phi) is 3.82. The van der Waals surface area contributed by atoms with Gasteiger partial charge < -0.3 is 10.4 Å². The Morgan fingerprint density at radius 1 is 1.25 bits per heavy atom. The SMILES string of the molecule is O=C(NC1CCC(O)CC1)c1cnc2sc3ccccc3n2c1=O. The maximum Gasteiger partial charge on any atom is 0.271 e. The standard InChI is InChI=1S/C17H17N3O3S/c21-11-7-5-10(6-8-11)19-15(22)12-9-18-17-20(16(12)23)13-3-1-2-4-14(13)24-17/h1-4,9-11,21H,5-8H2,(H,19,22). The van der Waals surface area contributed by atoms with E-state index in [0.717, 1.165) is 23.1 Å². The van der Waals surface area contributed by atoms with Gasteiger partial charge in [-0.05, 0) is 37.8 Å². The number of benzene rings is 1. The van der Waals surface area contributed by atoms with E-state index in [1.54, 1.807) is 0 Å². The molecule has 1 aromatic carbocycles. The van der Waals surface area contributed by atoms with Gasteiger partial charge in [0, 0.05) is 12.2 Å². The highest BCUT2D eigenvalue weighted by atomic mass is 32.1. The lowest BCUT2D eigenvalue weighted by Gasteiger charge is -2.26. The van der Waals surface area contributed by atoms with Gasteiger partial charge in [-0.1, -0.05) is 23.5 Å². The van der Waals surface area contributed by atoms with Gasteiger partial charge in [0.05, 0.1) is 16.3 Å². The Balaban J connectivity index is 1.69. The lowest BCUT2D eigenvalue weighted by atomic mass is 9.93. The van der Waals surface area contributed by atoms with Crippen molar-refractivity contribution in [1.82, 2.24) is 14.7 Å². The summed E-state index contributed by atoms with van der Waals surface area (Å²) < 4.78 is 2.46. The number of fused-ring (bicyclic) bond motifs is 3. The zero-order chi connectivity index (χ0) is 16.7. The molecule has 0 saturated heterocycles. The lowest BCUT2D eigenvalue weighted by Crippen LogP contribution is -2.41. The molecule has 0 bridgehead atoms. The molecule has 24 heavy (non-hydrogen) atoms. The molecule has 1 aliphatic rings. The summed E-state index contributed by atoms with van der Waals surface area (Å²) in [6, 6.07) is 7.56. The first kappa shape index (κ1) is 15.3. The van der Waals surface area contributed by atoms with E-state index in [1.165, 1.54) is 21.9 Å². The van der Waals surface area contributed by atoms with E-state index in [0.29, 0.717) is 17.8 Å². The van der Waals surface area contributed by atoms with Crippen molar-refractivity contribution in [3.05, 3.63) is 46.4 Å². The van der Waals surface area contributed by atoms with Crippen LogP contribution < -0.4 is 10.9 Å². The van der Waals surface area contributed by atoms with Crippen molar-refractivity contribution in [3.63, 3.8) is 0 Å². The van der Waals surface area contributed by atoms with E-state index >= 15 is 0 Å². The molecule has 2 heterocycles. The summed E-state index contributed by atoms with van der Waals surface area (Å²) in [6.07, 6.45) is 3.89. The summed E-state index contributed by atoms with van der Waals surface area (Å²) in [6.45, 7) is 0. The Morgan fingerprint density at radius 2 is 2.00 bits per heavy atom. The second kappa shape index (κ2) is 5.99. The lowest BCUT2D eigenvalue weighted by molar-refractivity contribution is 0.0866. The van der Waals surface area contributed by atoms with Gasteiger partial charge in [-0.15, -0.1) is 0 Å². The average Bonchev–Trinajstić information content (AvgIpc) is 2.96. The third-order valence-corrected chi connectivity index (χ3v) is 5.55. The second-order valence-electron chi connectivity index (χ2n) is 6.14. The minimum absolute atomic E-state index is 0.000200. The van der Waals surface area contributed by atoms with Crippen molar-refractivity contribution in [2.75, 3.05) is 0 Å². The molecular weight excluding hydrogens is 326 g/mol. The number of hydrogen-bond acceptors (Lipinski definition) is 5. The molecule has 124 valence electrons. The summed E-state index contributed by atoms with van der Waals surface area (Å²) in [5, 5.41) is 12.4. The Bertz CT molecular complexity index is 970. The molecule has 0 unspecified atom stereocenters. The van der Waals surface area contributed by atoms with Crippen LogP contribution in [-0.4, -0.2) is 32.5 Å². The Morgan fingerprint density at radius 3 is 2.79 bits per heavy atom. The van der Waals surface area contributed by atoms with Gasteiger partial charge in [0.2, 0.25) is 0 Å². The zero-order valence-corrected chi connectivity index (χ0v) is 13.8. The number of hydrogen-bond donors (Lipinski definition) is 2. The highest BCUT2D eigenvalue weighted by Crippen LogP contribution is 2.23. The number of para-hydroxylation sites is 1. The van der Waals surface area contributed by atoms with Gasteiger partial charge in [0.15, 0.2) is 4.96 Å². The van der Waals surface area contributed by atoms with Crippen LogP contribution in [0.1, 0.15) is 36.0 Å². The van der Waals surface area contributed by atoms with Crippen molar-refractivity contribution < 1.29 is 9.90 Å². The van der Waals surface area contributed by atoms with Crippen molar-refractivity contribution >= 4 is 32.4 Å². The number of aliphatic hydroxyl groups is 1. The molecule has 0 aliphatic heterocycles. The normalized spacial score (nSPS) is 21.2. The van der Waals surface area contributed by atoms with Crippen LogP contribution in [0.25, 0.3) is 15.2 Å². The number of thiazole rings is 1. The maximum atomic E-state index is 12.8. The van der Waals surface area contributed by atoms with Crippen molar-refractivity contribution in [3.8, 4) is 0 Å². The molecule has 3 aromatic rings. The molecule has 0 spiro atoms. The van der Waals surface area contributed by atoms with Crippen LogP contribution in [0.3, 0.4) is 0 Å². The van der Waals surface area contributed by atoms with Crippen LogP contribution in [0.2, 0.25) is 0 Å². The van der Waals surface area contributed by atoms with Gasteiger partial charge in [-0.25, -0.2) is 4.98 Å². The van der Waals surface area contributed by atoms with E-state index in [-0.39, 0.29) is 23.3 Å². The molecule has 7 heteroatoms. The summed E-state index contributed by atoms with van der Waals surface area (Å²) in [5.74, 6) is -0.390. The average molecular weight is 343 g/mol. The van der Waals surface area contributed by atoms with E-state index in [2.05, 4.69) is 10.3 Å². The number of nitrogens with zero attached hydrogens (tertiary/aromatic N) is 2. The van der Waals surface area contributed by atoms with Crippen molar-refractivity contribution in [2.45, 2.75) is 37.8 Å². The molecule has 0 radical (unpaired) electrons. The van der Waals surface area contributed by atoms with E-state index in [1.807, 2.05) is 24.3 Å². The minimum Gasteiger partial charge on any atom is -0.393 e. The number of aliphatic hydroxyl groups excluding tert-OH is 1. The quantitative estimate of drug-likeness (QED) is 0.745. The van der Waals surface area contributed by atoms with Crippen LogP contribution in [0.15, 0.2) is 35.3 Å². The van der Waals surface area contributed by atoms with Crippen molar-refractivity contribution in [2.24, 2.45) is 0 Å². The van der Waals surface area contributed by atoms with E-state index in [4.69, 9.17) is 0 Å². The molecule has 1 fully saturated rings. The third kappa shape index (κ3) is 2.59. The third-order valence-electron chi connectivity index (χ3n) is 4.51. The van der Waals surface area contributed by atoms with Gasteiger partial charge >= 0.3 is 0 Å². The fourth-order valence-corrected chi connectivity index (χ4v) is 4.18. The Labute approximate surface area is 141 Å². The maximum absolute atomic E-state index is 12.8. The second-order valence-corrected chi connectivity index (χ2v) is 7.15. The first-order valence-corrected chi connectivity index (χ1v) is 8.83. The molecular formula is C17H17N3O3S. The highest BCUT2D eigenvalue weighted by Gasteiger charge is 2.23. The molecule has 1 amide bonds. The predicted octanol–water partition coefficient (Wildman–Crippen LogP) is 1.94. The fraction of sp³-hybridized carbons (Fsp3) is 0.353. The van der Waals surface area contributed by atoms with E-state index in [9.17, 15) is 14.7 Å². The van der Waals surface area contributed by atoms with Crippen LogP contribution in [0, 0.1) is 0 Å². The molecule has 1 saturated carbocycles. The summed E-state index contributed by atoms with van der Waals surface area (Å²) in [7, 11) is 0. The topological polar surface area (TPSA) is 83.7 Å². The molecule has 2 N–H and O–H groups in total. The smallest absolute Gasteiger partial charge is 0.271 e. The molecule has 2 aromatic heterocycles. The number of carbonyl (C=O) groups excluding carboxylic acids is 1. The Hall–Kier alpha value is -2.25. The van der Waals surface area contributed by atoms with Crippen LogP contribution in [-0.2, 0) is 0 Å². The first-order chi connectivity index (χ1) is 11.6. The predicted molar refractivity (Wildman–Crippen MR) is 92.6 cm³/mol. The minimum atomic E-state index is -0.390. The molecule has 0 atom stereocenters. The number of aromatic nitrogens is 2. The number of rotatable bonds is 2. The van der Waals surface area contributed by atoms with E-state index < -0.39 is 5.91 Å². The summed E-state index contributed by atoms with van der Waals surface area (Å²) in [4.78, 5) is 30.1. The highest BCUT2D eigenvalue weighted by molar-refractivity contribution is 7.23. The van der Waals surface area contributed by atoms with Gasteiger partial charge in [-0.2, -0.15) is 0 Å². The zero-order valence-electron chi connectivity index (χ0n) is 12.9. The van der Waals surface area contributed by atoms with Crippen molar-refractivity contribution in [1.29, 1.82) is 0 Å². The first-order valence-electron chi connectivity index (χ1n) is 8.02. The van der Waals surface area contributed by atoms with Gasteiger partial charge in [0.1, 0.15) is 5.56 Å². The fourth-order valence-electron chi connectivity index (χ4n) is 3.19. The monoisotopic (exact) mass is 343 g/mol. The van der Waals surface area contributed by atoms with Crippen LogP contribution in [0.4, 0.5) is 0 Å².